The van der Waals surface area contributed by atoms with Crippen LogP contribution in [0.25, 0.3) is 0 Å². The highest BCUT2D eigenvalue weighted by molar-refractivity contribution is 5.76. The topological polar surface area (TPSA) is 149 Å². The van der Waals surface area contributed by atoms with E-state index in [9.17, 15) is 30.3 Å². The van der Waals surface area contributed by atoms with Gasteiger partial charge in [-0.15, -0.1) is 0 Å². The number of nitrogens with one attached hydrogen (secondary N) is 1. The molecule has 1 aliphatic rings. The molecular weight excluding hydrogens is 827 g/mol. The van der Waals surface area contributed by atoms with Gasteiger partial charge in [-0.1, -0.05) is 284 Å². The molecule has 1 fully saturated rings. The van der Waals surface area contributed by atoms with Gasteiger partial charge in [0.1, 0.15) is 24.4 Å². The summed E-state index contributed by atoms with van der Waals surface area (Å²) in [5.74, 6) is -0.137. The molecular formula is C57H113NO8. The molecule has 9 heteroatoms. The van der Waals surface area contributed by atoms with E-state index in [1.54, 1.807) is 0 Å². The zero-order valence-electron chi connectivity index (χ0n) is 43.7. The summed E-state index contributed by atoms with van der Waals surface area (Å²) in [4.78, 5) is 13.0. The normalized spacial score (nSPS) is 19.7. The summed E-state index contributed by atoms with van der Waals surface area (Å²) in [7, 11) is 0. The fraction of sp³-hybridized carbons (Fsp3) is 0.982. The lowest BCUT2D eigenvalue weighted by Crippen LogP contribution is -2.60. The monoisotopic (exact) mass is 940 g/mol. The Bertz CT molecular complexity index is 1000. The van der Waals surface area contributed by atoms with Crippen LogP contribution < -0.4 is 5.32 Å². The molecule has 1 aliphatic heterocycles. The number of carbonyl (C=O) groups is 1. The first kappa shape index (κ1) is 63.2. The Morgan fingerprint density at radius 3 is 1.08 bits per heavy atom. The van der Waals surface area contributed by atoms with Crippen LogP contribution in [0, 0.1) is 0 Å². The molecule has 1 saturated heterocycles. The van der Waals surface area contributed by atoms with Crippen LogP contribution in [-0.4, -0.2) is 87.5 Å². The standard InChI is InChI=1S/C57H113NO8/c1-3-5-7-9-11-13-15-17-18-19-20-21-22-23-24-25-26-27-28-29-30-31-32-33-35-37-39-41-43-45-47-53(61)58-50(49-65-57-56(64)55(63)54(62)52(48-59)66-57)51(60)46-44-42-40-38-36-34-16-14-12-10-8-6-4-2/h50-52,54-57,59-60,62-64H,3-49H2,1-2H3,(H,58,61). The van der Waals surface area contributed by atoms with Crippen molar-refractivity contribution in [2.75, 3.05) is 13.2 Å². The first-order valence-electron chi connectivity index (χ1n) is 29.2. The van der Waals surface area contributed by atoms with Crippen molar-refractivity contribution in [1.29, 1.82) is 0 Å². The molecule has 7 unspecified atom stereocenters. The smallest absolute Gasteiger partial charge is 0.220 e. The second-order valence-electron chi connectivity index (χ2n) is 20.8. The maximum Gasteiger partial charge on any atom is 0.220 e. The number of aliphatic hydroxyl groups excluding tert-OH is 5. The minimum absolute atomic E-state index is 0.131. The van der Waals surface area contributed by atoms with E-state index in [2.05, 4.69) is 19.2 Å². The molecule has 66 heavy (non-hydrogen) atoms. The maximum atomic E-state index is 13.0. The summed E-state index contributed by atoms with van der Waals surface area (Å²) < 4.78 is 11.3. The Morgan fingerprint density at radius 2 is 0.758 bits per heavy atom. The average molecular weight is 941 g/mol. The fourth-order valence-corrected chi connectivity index (χ4v) is 9.81. The van der Waals surface area contributed by atoms with E-state index in [1.807, 2.05) is 0 Å². The van der Waals surface area contributed by atoms with E-state index >= 15 is 0 Å². The van der Waals surface area contributed by atoms with Crippen LogP contribution in [0.1, 0.15) is 303 Å². The second-order valence-corrected chi connectivity index (χ2v) is 20.8. The zero-order chi connectivity index (χ0) is 48.0. The summed E-state index contributed by atoms with van der Waals surface area (Å²) in [6, 6.07) is -0.712. The Kier molecular flexibility index (Phi) is 45.8. The van der Waals surface area contributed by atoms with Crippen molar-refractivity contribution in [3.8, 4) is 0 Å². The van der Waals surface area contributed by atoms with Crippen LogP contribution in [0.15, 0.2) is 0 Å². The van der Waals surface area contributed by atoms with Crippen molar-refractivity contribution in [3.05, 3.63) is 0 Å². The number of hydrogen-bond donors (Lipinski definition) is 6. The first-order chi connectivity index (χ1) is 32.3. The Morgan fingerprint density at radius 1 is 0.455 bits per heavy atom. The van der Waals surface area contributed by atoms with Gasteiger partial charge in [-0.25, -0.2) is 0 Å². The van der Waals surface area contributed by atoms with Crippen molar-refractivity contribution in [2.45, 2.75) is 346 Å². The molecule has 1 amide bonds. The largest absolute Gasteiger partial charge is 0.394 e. The Hall–Kier alpha value is -0.810. The molecule has 0 aliphatic carbocycles. The van der Waals surface area contributed by atoms with E-state index < -0.39 is 49.5 Å². The third-order valence-electron chi connectivity index (χ3n) is 14.5. The number of carbonyl (C=O) groups excluding carboxylic acids is 1. The number of aliphatic hydroxyl groups is 5. The predicted molar refractivity (Wildman–Crippen MR) is 277 cm³/mol. The zero-order valence-corrected chi connectivity index (χ0v) is 43.7. The predicted octanol–water partition coefficient (Wildman–Crippen LogP) is 14.2. The van der Waals surface area contributed by atoms with Gasteiger partial charge in [0.05, 0.1) is 25.4 Å². The van der Waals surface area contributed by atoms with Crippen molar-refractivity contribution in [1.82, 2.24) is 5.32 Å². The third-order valence-corrected chi connectivity index (χ3v) is 14.5. The van der Waals surface area contributed by atoms with Gasteiger partial charge in [-0.2, -0.15) is 0 Å². The molecule has 0 spiro atoms. The molecule has 0 saturated carbocycles. The molecule has 394 valence electrons. The second kappa shape index (κ2) is 47.8. The van der Waals surface area contributed by atoms with E-state index in [0.29, 0.717) is 12.8 Å². The average Bonchev–Trinajstić information content (AvgIpc) is 3.32. The summed E-state index contributed by atoms with van der Waals surface area (Å²) in [5, 5.41) is 54.6. The van der Waals surface area contributed by atoms with Gasteiger partial charge in [0.2, 0.25) is 5.91 Å². The Labute approximate surface area is 408 Å². The van der Waals surface area contributed by atoms with Crippen LogP contribution in [0.3, 0.4) is 0 Å². The van der Waals surface area contributed by atoms with E-state index in [0.717, 1.165) is 38.5 Å². The molecule has 7 atom stereocenters. The molecule has 0 radical (unpaired) electrons. The summed E-state index contributed by atoms with van der Waals surface area (Å²) >= 11 is 0. The highest BCUT2D eigenvalue weighted by atomic mass is 16.7. The highest BCUT2D eigenvalue weighted by Gasteiger charge is 2.44. The SMILES string of the molecule is CCCCCCCCCCCCCCCCCCCCCCCCCCCCCCCCC(=O)NC(COC1OC(CO)C(O)C(O)C1O)C(O)CCCCCCCCCCCCCCC. The van der Waals surface area contributed by atoms with Crippen molar-refractivity contribution in [2.24, 2.45) is 0 Å². The number of ether oxygens (including phenoxy) is 2. The van der Waals surface area contributed by atoms with Gasteiger partial charge in [-0.05, 0) is 12.8 Å². The number of unbranched alkanes of at least 4 members (excludes halogenated alkanes) is 41. The van der Waals surface area contributed by atoms with Crippen LogP contribution in [-0.2, 0) is 14.3 Å². The summed E-state index contributed by atoms with van der Waals surface area (Å²) in [6.07, 6.45) is 50.1. The molecule has 9 nitrogen and oxygen atoms in total. The molecule has 0 aromatic carbocycles. The molecule has 1 heterocycles. The molecule has 6 N–H and O–H groups in total. The number of hydrogen-bond acceptors (Lipinski definition) is 8. The maximum absolute atomic E-state index is 13.0. The molecule has 0 bridgehead atoms. The minimum Gasteiger partial charge on any atom is -0.394 e. The molecule has 0 aromatic heterocycles. The third kappa shape index (κ3) is 37.1. The highest BCUT2D eigenvalue weighted by Crippen LogP contribution is 2.23. The van der Waals surface area contributed by atoms with Gasteiger partial charge >= 0.3 is 0 Å². The quantitative estimate of drug-likeness (QED) is 0.0330. The number of rotatable bonds is 51. The van der Waals surface area contributed by atoms with Crippen LogP contribution in [0.4, 0.5) is 0 Å². The van der Waals surface area contributed by atoms with E-state index in [1.165, 1.54) is 238 Å². The fourth-order valence-electron chi connectivity index (χ4n) is 9.81. The van der Waals surface area contributed by atoms with E-state index in [-0.39, 0.29) is 12.5 Å². The van der Waals surface area contributed by atoms with Gasteiger partial charge in [0, 0.05) is 6.42 Å². The van der Waals surface area contributed by atoms with Crippen LogP contribution in [0.2, 0.25) is 0 Å². The van der Waals surface area contributed by atoms with Crippen LogP contribution >= 0.6 is 0 Å². The number of amides is 1. The summed E-state index contributed by atoms with van der Waals surface area (Å²) in [5.41, 5.74) is 0. The van der Waals surface area contributed by atoms with E-state index in [4.69, 9.17) is 9.47 Å². The van der Waals surface area contributed by atoms with Crippen molar-refractivity contribution < 1.29 is 39.8 Å². The van der Waals surface area contributed by atoms with Crippen molar-refractivity contribution >= 4 is 5.91 Å². The van der Waals surface area contributed by atoms with Crippen LogP contribution in [0.5, 0.6) is 0 Å². The van der Waals surface area contributed by atoms with Gasteiger partial charge in [0.25, 0.3) is 0 Å². The van der Waals surface area contributed by atoms with Gasteiger partial charge in [-0.3, -0.25) is 4.79 Å². The lowest BCUT2D eigenvalue weighted by Gasteiger charge is -2.40. The first-order valence-corrected chi connectivity index (χ1v) is 29.2. The molecule has 0 aromatic rings. The lowest BCUT2D eigenvalue weighted by atomic mass is 9.99. The van der Waals surface area contributed by atoms with Crippen molar-refractivity contribution in [3.63, 3.8) is 0 Å². The molecule has 1 rings (SSSR count). The minimum atomic E-state index is -1.55. The lowest BCUT2D eigenvalue weighted by molar-refractivity contribution is -0.302. The summed E-state index contributed by atoms with van der Waals surface area (Å²) in [6.45, 7) is 3.87. The Balaban J connectivity index is 2.10. The van der Waals surface area contributed by atoms with Gasteiger partial charge in [0.15, 0.2) is 6.29 Å². The van der Waals surface area contributed by atoms with Gasteiger partial charge < -0.3 is 40.3 Å².